The number of halogens is 4. The molecule has 0 aliphatic heterocycles. The van der Waals surface area contributed by atoms with E-state index in [-0.39, 0.29) is 16.2 Å². The van der Waals surface area contributed by atoms with Gasteiger partial charge in [-0.05, 0) is 47.6 Å². The van der Waals surface area contributed by atoms with Gasteiger partial charge >= 0.3 is 18.4 Å². The summed E-state index contributed by atoms with van der Waals surface area (Å²) in [5.74, 6) is -1.94. The molecular weight excluding hydrogens is 436 g/mol. The molecule has 0 aliphatic rings. The maximum Gasteiger partial charge on any atom is 0.437 e. The van der Waals surface area contributed by atoms with Crippen LogP contribution in [0.4, 0.5) is 33.0 Å². The lowest BCUT2D eigenvalue weighted by atomic mass is 10.2. The van der Waals surface area contributed by atoms with Crippen molar-refractivity contribution < 1.29 is 36.6 Å². The van der Waals surface area contributed by atoms with Gasteiger partial charge in [0.15, 0.2) is 11.5 Å². The number of imide groups is 1. The van der Waals surface area contributed by atoms with E-state index in [9.17, 15) is 27.2 Å². The molecule has 2 rings (SSSR count). The number of aromatic nitrogens is 3. The summed E-state index contributed by atoms with van der Waals surface area (Å²) in [5, 5.41) is 0. The number of ether oxygens (including phenoxy) is 2. The van der Waals surface area contributed by atoms with E-state index in [1.54, 1.807) is 0 Å². The average molecular weight is 458 g/mol. The first kappa shape index (κ1) is 25.0. The maximum absolute atomic E-state index is 13.9. The van der Waals surface area contributed by atoms with Gasteiger partial charge < -0.3 is 9.47 Å². The third kappa shape index (κ3) is 6.59. The van der Waals surface area contributed by atoms with Crippen LogP contribution in [-0.2, 0) is 15.7 Å². The van der Waals surface area contributed by atoms with Crippen molar-refractivity contribution in [3.63, 3.8) is 0 Å². The summed E-state index contributed by atoms with van der Waals surface area (Å²) in [6, 6.07) is 0.913. The summed E-state index contributed by atoms with van der Waals surface area (Å²) < 4.78 is 65.2. The van der Waals surface area contributed by atoms with E-state index >= 15 is 0 Å². The molecule has 0 unspecified atom stereocenters. The van der Waals surface area contributed by atoms with Crippen LogP contribution in [0.15, 0.2) is 24.7 Å². The van der Waals surface area contributed by atoms with Crippen molar-refractivity contribution in [2.75, 3.05) is 4.90 Å². The minimum atomic E-state index is -5.14. The monoisotopic (exact) mass is 458 g/mol. The number of hydrogen-bond acceptors (Lipinski definition) is 7. The maximum atomic E-state index is 13.9. The summed E-state index contributed by atoms with van der Waals surface area (Å²) >= 11 is 0. The molecular formula is C20H22F4N4O4. The molecule has 0 bridgehead atoms. The number of hydrogen-bond donors (Lipinski definition) is 0. The van der Waals surface area contributed by atoms with Crippen molar-refractivity contribution in [2.45, 2.75) is 58.9 Å². The van der Waals surface area contributed by atoms with Crippen LogP contribution >= 0.6 is 0 Å². The Morgan fingerprint density at radius 3 is 1.88 bits per heavy atom. The van der Waals surface area contributed by atoms with E-state index < -0.39 is 46.9 Å². The summed E-state index contributed by atoms with van der Waals surface area (Å²) in [7, 11) is 0. The zero-order valence-electron chi connectivity index (χ0n) is 18.2. The van der Waals surface area contributed by atoms with Crippen LogP contribution in [0.2, 0.25) is 0 Å². The molecule has 0 aromatic carbocycles. The average Bonchev–Trinajstić information content (AvgIpc) is 2.58. The van der Waals surface area contributed by atoms with Crippen LogP contribution in [0.3, 0.4) is 0 Å². The van der Waals surface area contributed by atoms with E-state index in [0.29, 0.717) is 0 Å². The molecule has 0 aliphatic carbocycles. The summed E-state index contributed by atoms with van der Waals surface area (Å²) in [5.41, 5.74) is -4.42. The van der Waals surface area contributed by atoms with Gasteiger partial charge in [0.2, 0.25) is 0 Å². The normalized spacial score (nSPS) is 12.3. The minimum absolute atomic E-state index is 0.0277. The fraction of sp³-hybridized carbons (Fsp3) is 0.450. The van der Waals surface area contributed by atoms with Crippen LogP contribution < -0.4 is 4.90 Å². The number of carbonyl (C=O) groups is 2. The van der Waals surface area contributed by atoms with Crippen molar-refractivity contribution in [1.29, 1.82) is 0 Å². The van der Waals surface area contributed by atoms with Gasteiger partial charge in [0.05, 0.1) is 18.1 Å². The first-order chi connectivity index (χ1) is 14.5. The lowest BCUT2D eigenvalue weighted by Gasteiger charge is -2.29. The molecule has 2 heterocycles. The predicted octanol–water partition coefficient (Wildman–Crippen LogP) is 5.37. The number of pyridine rings is 1. The highest BCUT2D eigenvalue weighted by Crippen LogP contribution is 2.36. The highest BCUT2D eigenvalue weighted by atomic mass is 19.4. The molecule has 0 atom stereocenters. The molecule has 0 saturated heterocycles. The molecule has 12 heteroatoms. The van der Waals surface area contributed by atoms with Gasteiger partial charge in [-0.2, -0.15) is 18.1 Å². The number of nitrogens with zero attached hydrogens (tertiary/aromatic N) is 4. The van der Waals surface area contributed by atoms with E-state index in [2.05, 4.69) is 15.0 Å². The standard InChI is InChI=1S/C20H22F4N4O4/c1-18(2,3)31-16(29)28(17(30)32-19(4,5)6)15-14(20(22,23)24)27-13(10-26-15)11-7-12(21)9-25-8-11/h7-10H,1-6H3. The van der Waals surface area contributed by atoms with Crippen molar-refractivity contribution in [3.05, 3.63) is 36.2 Å². The molecule has 8 nitrogen and oxygen atoms in total. The number of alkyl halides is 3. The molecule has 0 spiro atoms. The fourth-order valence-electron chi connectivity index (χ4n) is 2.29. The number of amides is 2. The van der Waals surface area contributed by atoms with E-state index in [0.717, 1.165) is 24.7 Å². The summed E-state index contributed by atoms with van der Waals surface area (Å²) in [6.45, 7) is 8.80. The lowest BCUT2D eigenvalue weighted by molar-refractivity contribution is -0.140. The second kappa shape index (κ2) is 8.67. The Morgan fingerprint density at radius 2 is 1.44 bits per heavy atom. The third-order valence-electron chi connectivity index (χ3n) is 3.39. The number of rotatable bonds is 2. The topological polar surface area (TPSA) is 94.5 Å². The Morgan fingerprint density at radius 1 is 0.906 bits per heavy atom. The van der Waals surface area contributed by atoms with Gasteiger partial charge in [-0.1, -0.05) is 0 Å². The van der Waals surface area contributed by atoms with Crippen molar-refractivity contribution in [3.8, 4) is 11.3 Å². The van der Waals surface area contributed by atoms with E-state index in [1.807, 2.05) is 0 Å². The zero-order chi connectivity index (χ0) is 24.5. The number of anilines is 1. The van der Waals surface area contributed by atoms with Gasteiger partial charge in [0.25, 0.3) is 0 Å². The van der Waals surface area contributed by atoms with Gasteiger partial charge in [-0.3, -0.25) is 4.98 Å². The minimum Gasteiger partial charge on any atom is -0.443 e. The van der Waals surface area contributed by atoms with Crippen molar-refractivity contribution in [1.82, 2.24) is 15.0 Å². The molecule has 174 valence electrons. The van der Waals surface area contributed by atoms with Crippen LogP contribution in [0, 0.1) is 5.82 Å². The first-order valence-corrected chi connectivity index (χ1v) is 9.29. The predicted molar refractivity (Wildman–Crippen MR) is 105 cm³/mol. The summed E-state index contributed by atoms with van der Waals surface area (Å²) in [4.78, 5) is 36.1. The van der Waals surface area contributed by atoms with E-state index in [4.69, 9.17) is 9.47 Å². The van der Waals surface area contributed by atoms with Crippen molar-refractivity contribution in [2.24, 2.45) is 0 Å². The Bertz CT molecular complexity index is 986. The van der Waals surface area contributed by atoms with Crippen LogP contribution in [0.5, 0.6) is 0 Å². The first-order valence-electron chi connectivity index (χ1n) is 9.29. The molecule has 2 amide bonds. The lowest BCUT2D eigenvalue weighted by Crippen LogP contribution is -2.45. The van der Waals surface area contributed by atoms with Crippen LogP contribution in [0.1, 0.15) is 47.2 Å². The molecule has 2 aromatic heterocycles. The molecule has 0 radical (unpaired) electrons. The Labute approximate surface area is 181 Å². The van der Waals surface area contributed by atoms with Crippen molar-refractivity contribution >= 4 is 18.0 Å². The Balaban J connectivity index is 2.67. The SMILES string of the molecule is CC(C)(C)OC(=O)N(C(=O)OC(C)(C)C)c1ncc(-c2cncc(F)c2)nc1C(F)(F)F. The van der Waals surface area contributed by atoms with Gasteiger partial charge in [-0.15, -0.1) is 0 Å². The molecule has 0 fully saturated rings. The molecule has 32 heavy (non-hydrogen) atoms. The fourth-order valence-corrected chi connectivity index (χ4v) is 2.29. The van der Waals surface area contributed by atoms with Crippen LogP contribution in [-0.4, -0.2) is 38.3 Å². The Kier molecular flexibility index (Phi) is 6.76. The molecule has 2 aromatic rings. The highest BCUT2D eigenvalue weighted by molar-refractivity contribution is 6.09. The van der Waals surface area contributed by atoms with Gasteiger partial charge in [0, 0.05) is 11.8 Å². The quantitative estimate of drug-likeness (QED) is 0.558. The smallest absolute Gasteiger partial charge is 0.437 e. The van der Waals surface area contributed by atoms with Crippen LogP contribution in [0.25, 0.3) is 11.3 Å². The summed E-state index contributed by atoms with van der Waals surface area (Å²) in [6.07, 6.45) is -5.21. The van der Waals surface area contributed by atoms with Gasteiger partial charge in [-0.25, -0.2) is 23.9 Å². The zero-order valence-corrected chi connectivity index (χ0v) is 18.2. The second-order valence-corrected chi connectivity index (χ2v) is 8.61. The van der Waals surface area contributed by atoms with E-state index in [1.165, 1.54) is 41.5 Å². The molecule has 0 N–H and O–H groups in total. The Hall–Kier alpha value is -3.31. The number of carbonyl (C=O) groups excluding carboxylic acids is 2. The second-order valence-electron chi connectivity index (χ2n) is 8.61. The van der Waals surface area contributed by atoms with Gasteiger partial charge in [0.1, 0.15) is 17.0 Å². The highest BCUT2D eigenvalue weighted by Gasteiger charge is 2.43. The third-order valence-corrected chi connectivity index (χ3v) is 3.39. The largest absolute Gasteiger partial charge is 0.443 e. The molecule has 0 saturated carbocycles.